The zero-order valence-electron chi connectivity index (χ0n) is 13.4. The molecule has 1 N–H and O–H groups in total. The minimum atomic E-state index is 0.699. The average Bonchev–Trinajstić information content (AvgIpc) is 2.46. The van der Waals surface area contributed by atoms with Gasteiger partial charge in [-0.3, -0.25) is 4.90 Å². The van der Waals surface area contributed by atoms with Gasteiger partial charge >= 0.3 is 0 Å². The van der Waals surface area contributed by atoms with E-state index in [-0.39, 0.29) is 0 Å². The lowest BCUT2D eigenvalue weighted by Crippen LogP contribution is -2.55. The Morgan fingerprint density at radius 3 is 2.42 bits per heavy atom. The van der Waals surface area contributed by atoms with Crippen LogP contribution in [-0.2, 0) is 0 Å². The fraction of sp³-hybridized carbons (Fsp3) is 1.00. The van der Waals surface area contributed by atoms with Crippen molar-refractivity contribution in [3.63, 3.8) is 0 Å². The van der Waals surface area contributed by atoms with Crippen molar-refractivity contribution in [1.29, 1.82) is 0 Å². The first-order valence-electron chi connectivity index (χ1n) is 8.27. The fourth-order valence-electron chi connectivity index (χ4n) is 4.05. The molecule has 1 heterocycles. The summed E-state index contributed by atoms with van der Waals surface area (Å²) >= 11 is 0. The van der Waals surface area contributed by atoms with Crippen LogP contribution in [0.25, 0.3) is 0 Å². The molecule has 0 aromatic heterocycles. The van der Waals surface area contributed by atoms with Crippen molar-refractivity contribution in [2.75, 3.05) is 33.7 Å². The van der Waals surface area contributed by atoms with Crippen LogP contribution in [0.5, 0.6) is 0 Å². The molecule has 0 amide bonds. The van der Waals surface area contributed by atoms with Crippen molar-refractivity contribution in [2.45, 2.75) is 64.1 Å². The van der Waals surface area contributed by atoms with E-state index in [2.05, 4.69) is 43.1 Å². The molecule has 1 saturated heterocycles. The third-order valence-electron chi connectivity index (χ3n) is 5.55. The maximum absolute atomic E-state index is 3.56. The number of hydrogen-bond donors (Lipinski definition) is 1. The second-order valence-electron chi connectivity index (χ2n) is 6.71. The van der Waals surface area contributed by atoms with Gasteiger partial charge in [-0.1, -0.05) is 13.8 Å². The van der Waals surface area contributed by atoms with E-state index >= 15 is 0 Å². The van der Waals surface area contributed by atoms with Gasteiger partial charge in [0, 0.05) is 18.1 Å². The number of rotatable bonds is 4. The van der Waals surface area contributed by atoms with Crippen LogP contribution in [0.1, 0.15) is 46.0 Å². The van der Waals surface area contributed by atoms with Crippen LogP contribution >= 0.6 is 0 Å². The van der Waals surface area contributed by atoms with E-state index in [0.29, 0.717) is 6.04 Å². The van der Waals surface area contributed by atoms with Gasteiger partial charge in [-0.25, -0.2) is 0 Å². The summed E-state index contributed by atoms with van der Waals surface area (Å²) in [5.74, 6) is 0.896. The predicted molar refractivity (Wildman–Crippen MR) is 82.5 cm³/mol. The smallest absolute Gasteiger partial charge is 0.0251 e. The molecule has 3 atom stereocenters. The zero-order valence-corrected chi connectivity index (χ0v) is 13.4. The minimum Gasteiger partial charge on any atom is -0.315 e. The summed E-state index contributed by atoms with van der Waals surface area (Å²) in [4.78, 5) is 5.30. The molecule has 3 nitrogen and oxygen atoms in total. The number of piperidine rings is 1. The molecule has 19 heavy (non-hydrogen) atoms. The molecule has 3 unspecified atom stereocenters. The first-order valence-corrected chi connectivity index (χ1v) is 8.27. The van der Waals surface area contributed by atoms with Crippen LogP contribution in [0.15, 0.2) is 0 Å². The molecule has 1 aliphatic carbocycles. The number of likely N-dealkylation sites (N-methyl/N-ethyl adjacent to an activating group) is 2. The van der Waals surface area contributed by atoms with Crippen molar-refractivity contribution in [3.8, 4) is 0 Å². The average molecular weight is 267 g/mol. The summed E-state index contributed by atoms with van der Waals surface area (Å²) in [6.07, 6.45) is 6.82. The summed E-state index contributed by atoms with van der Waals surface area (Å²) in [7, 11) is 4.51. The molecule has 2 rings (SSSR count). The fourth-order valence-corrected chi connectivity index (χ4v) is 4.05. The summed E-state index contributed by atoms with van der Waals surface area (Å²) in [6, 6.07) is 2.24. The molecule has 2 aliphatic rings. The van der Waals surface area contributed by atoms with E-state index in [1.54, 1.807) is 0 Å². The van der Waals surface area contributed by atoms with Gasteiger partial charge in [0.25, 0.3) is 0 Å². The highest BCUT2D eigenvalue weighted by Crippen LogP contribution is 2.30. The molecule has 1 aliphatic heterocycles. The second kappa shape index (κ2) is 7.05. The Morgan fingerprint density at radius 1 is 1.16 bits per heavy atom. The molecule has 1 saturated carbocycles. The van der Waals surface area contributed by atoms with Crippen LogP contribution in [0.3, 0.4) is 0 Å². The second-order valence-corrected chi connectivity index (χ2v) is 6.71. The van der Waals surface area contributed by atoms with Gasteiger partial charge in [-0.2, -0.15) is 0 Å². The molecular formula is C16H33N3. The standard InChI is InChI=1S/C16H33N3/c1-5-19-10-8-14(9-11-19)18(4)16-12-13(2)6-7-15(16)17-3/h13-17H,5-12H2,1-4H3. The van der Waals surface area contributed by atoms with Crippen LogP contribution in [0, 0.1) is 5.92 Å². The van der Waals surface area contributed by atoms with E-state index in [1.807, 2.05) is 0 Å². The molecule has 2 fully saturated rings. The van der Waals surface area contributed by atoms with Gasteiger partial charge in [0.05, 0.1) is 0 Å². The van der Waals surface area contributed by atoms with E-state index < -0.39 is 0 Å². The van der Waals surface area contributed by atoms with Gasteiger partial charge in [-0.15, -0.1) is 0 Å². The lowest BCUT2D eigenvalue weighted by molar-refractivity contribution is 0.0550. The number of nitrogens with zero attached hydrogens (tertiary/aromatic N) is 2. The highest BCUT2D eigenvalue weighted by molar-refractivity contribution is 4.92. The van der Waals surface area contributed by atoms with Crippen LogP contribution in [0.2, 0.25) is 0 Å². The number of nitrogens with one attached hydrogen (secondary N) is 1. The van der Waals surface area contributed by atoms with Crippen molar-refractivity contribution in [3.05, 3.63) is 0 Å². The monoisotopic (exact) mass is 267 g/mol. The van der Waals surface area contributed by atoms with E-state index in [9.17, 15) is 0 Å². The van der Waals surface area contributed by atoms with E-state index in [0.717, 1.165) is 18.0 Å². The molecule has 0 radical (unpaired) electrons. The predicted octanol–water partition coefficient (Wildman–Crippen LogP) is 2.18. The lowest BCUT2D eigenvalue weighted by Gasteiger charge is -2.46. The van der Waals surface area contributed by atoms with Gasteiger partial charge in [0.2, 0.25) is 0 Å². The Bertz CT molecular complexity index is 261. The van der Waals surface area contributed by atoms with E-state index in [4.69, 9.17) is 0 Å². The molecule has 0 aromatic carbocycles. The zero-order chi connectivity index (χ0) is 13.8. The molecule has 3 heteroatoms. The highest BCUT2D eigenvalue weighted by Gasteiger charge is 2.34. The Balaban J connectivity index is 1.91. The molecule has 0 bridgehead atoms. The third-order valence-corrected chi connectivity index (χ3v) is 5.55. The molecular weight excluding hydrogens is 234 g/mol. The number of hydrogen-bond acceptors (Lipinski definition) is 3. The Morgan fingerprint density at radius 2 is 1.84 bits per heavy atom. The topological polar surface area (TPSA) is 18.5 Å². The first-order chi connectivity index (χ1) is 9.15. The van der Waals surface area contributed by atoms with Gasteiger partial charge in [0.1, 0.15) is 0 Å². The third kappa shape index (κ3) is 3.71. The summed E-state index contributed by atoms with van der Waals surface area (Å²) in [6.45, 7) is 8.50. The van der Waals surface area contributed by atoms with Crippen LogP contribution < -0.4 is 5.32 Å². The summed E-state index contributed by atoms with van der Waals surface area (Å²) in [5.41, 5.74) is 0. The maximum Gasteiger partial charge on any atom is 0.0251 e. The Hall–Kier alpha value is -0.120. The largest absolute Gasteiger partial charge is 0.315 e. The van der Waals surface area contributed by atoms with Crippen LogP contribution in [0.4, 0.5) is 0 Å². The van der Waals surface area contributed by atoms with Gasteiger partial charge < -0.3 is 10.2 Å². The quantitative estimate of drug-likeness (QED) is 0.842. The minimum absolute atomic E-state index is 0.699. The van der Waals surface area contributed by atoms with Gasteiger partial charge in [0.15, 0.2) is 0 Å². The van der Waals surface area contributed by atoms with Crippen LogP contribution in [-0.4, -0.2) is 61.7 Å². The maximum atomic E-state index is 3.56. The SMILES string of the molecule is CCN1CCC(N(C)C2CC(C)CCC2NC)CC1. The Kier molecular flexibility index (Phi) is 5.67. The molecule has 112 valence electrons. The van der Waals surface area contributed by atoms with Crippen molar-refractivity contribution in [1.82, 2.24) is 15.1 Å². The summed E-state index contributed by atoms with van der Waals surface area (Å²) < 4.78 is 0. The lowest BCUT2D eigenvalue weighted by atomic mass is 9.81. The first kappa shape index (κ1) is 15.3. The van der Waals surface area contributed by atoms with Crippen molar-refractivity contribution >= 4 is 0 Å². The van der Waals surface area contributed by atoms with Crippen molar-refractivity contribution in [2.24, 2.45) is 5.92 Å². The molecule has 0 aromatic rings. The summed E-state index contributed by atoms with van der Waals surface area (Å²) in [5, 5.41) is 3.56. The van der Waals surface area contributed by atoms with E-state index in [1.165, 1.54) is 51.7 Å². The van der Waals surface area contributed by atoms with Crippen molar-refractivity contribution < 1.29 is 0 Å². The van der Waals surface area contributed by atoms with Gasteiger partial charge in [-0.05, 0) is 71.8 Å². The normalized spacial score (nSPS) is 34.9. The molecule has 0 spiro atoms. The number of likely N-dealkylation sites (tertiary alicyclic amines) is 1. The highest BCUT2D eigenvalue weighted by atomic mass is 15.2. The Labute approximate surface area is 119 Å².